The van der Waals surface area contributed by atoms with E-state index in [9.17, 15) is 0 Å². The molecule has 6 heteroatoms. The highest BCUT2D eigenvalue weighted by atomic mass is 16.5. The minimum absolute atomic E-state index is 0.192. The van der Waals surface area contributed by atoms with Gasteiger partial charge in [0.05, 0.1) is 13.2 Å². The van der Waals surface area contributed by atoms with Crippen molar-refractivity contribution < 1.29 is 13.9 Å². The van der Waals surface area contributed by atoms with E-state index in [4.69, 9.17) is 19.6 Å². The predicted octanol–water partition coefficient (Wildman–Crippen LogP) is 1.51. The van der Waals surface area contributed by atoms with Gasteiger partial charge in [0.15, 0.2) is 18.1 Å². The smallest absolute Gasteiger partial charge is 0.253 e. The number of aromatic nitrogens is 2. The van der Waals surface area contributed by atoms with Gasteiger partial charge in [-0.3, -0.25) is 0 Å². The van der Waals surface area contributed by atoms with Crippen LogP contribution in [-0.4, -0.2) is 16.8 Å². The lowest BCUT2D eigenvalue weighted by Gasteiger charge is -2.09. The molecule has 0 amide bonds. The average molecular weight is 249 g/mol. The van der Waals surface area contributed by atoms with Gasteiger partial charge in [-0.05, 0) is 19.1 Å². The van der Waals surface area contributed by atoms with Crippen molar-refractivity contribution in [2.45, 2.75) is 20.1 Å². The lowest BCUT2D eigenvalue weighted by molar-refractivity contribution is 0.239. The molecule has 0 aliphatic carbocycles. The van der Waals surface area contributed by atoms with Crippen LogP contribution < -0.4 is 15.2 Å². The molecule has 0 aliphatic rings. The first-order chi connectivity index (χ1) is 8.83. The molecule has 0 saturated heterocycles. The summed E-state index contributed by atoms with van der Waals surface area (Å²) in [7, 11) is 0. The first kappa shape index (κ1) is 12.4. The molecule has 0 radical (unpaired) electrons. The summed E-state index contributed by atoms with van der Waals surface area (Å²) in [6.07, 6.45) is 0. The Labute approximate surface area is 105 Å². The van der Waals surface area contributed by atoms with Gasteiger partial charge < -0.3 is 19.6 Å². The first-order valence-electron chi connectivity index (χ1n) is 5.69. The van der Waals surface area contributed by atoms with Crippen molar-refractivity contribution >= 4 is 0 Å². The van der Waals surface area contributed by atoms with Gasteiger partial charge in [-0.1, -0.05) is 12.1 Å². The fourth-order valence-electron chi connectivity index (χ4n) is 1.41. The third kappa shape index (κ3) is 2.98. The van der Waals surface area contributed by atoms with Crippen molar-refractivity contribution in [3.63, 3.8) is 0 Å². The molecule has 2 N–H and O–H groups in total. The molecule has 0 atom stereocenters. The monoisotopic (exact) mass is 249 g/mol. The van der Waals surface area contributed by atoms with E-state index >= 15 is 0 Å². The molecule has 2 rings (SSSR count). The van der Waals surface area contributed by atoms with E-state index in [-0.39, 0.29) is 13.2 Å². The fraction of sp³-hybridized carbons (Fsp3) is 0.333. The Morgan fingerprint density at radius 1 is 1.11 bits per heavy atom. The van der Waals surface area contributed by atoms with Crippen LogP contribution in [0.25, 0.3) is 0 Å². The fourth-order valence-corrected chi connectivity index (χ4v) is 1.41. The summed E-state index contributed by atoms with van der Waals surface area (Å²) >= 11 is 0. The molecule has 0 aliphatic heterocycles. The molecule has 0 spiro atoms. The number of hydrogen-bond donors (Lipinski definition) is 1. The number of ether oxygens (including phenoxy) is 2. The molecule has 1 heterocycles. The Morgan fingerprint density at radius 2 is 1.78 bits per heavy atom. The van der Waals surface area contributed by atoms with Gasteiger partial charge in [0.1, 0.15) is 0 Å². The van der Waals surface area contributed by atoms with E-state index in [1.165, 1.54) is 0 Å². The van der Waals surface area contributed by atoms with E-state index in [0.717, 1.165) is 0 Å². The van der Waals surface area contributed by atoms with Gasteiger partial charge in [0.2, 0.25) is 5.89 Å². The van der Waals surface area contributed by atoms with E-state index in [2.05, 4.69) is 10.2 Å². The van der Waals surface area contributed by atoms with Gasteiger partial charge in [0.25, 0.3) is 5.89 Å². The molecule has 2 aromatic rings. The Balaban J connectivity index is 2.01. The molecule has 0 fully saturated rings. The number of hydrogen-bond acceptors (Lipinski definition) is 6. The number of nitrogens with two attached hydrogens (primary N) is 1. The number of nitrogens with zero attached hydrogens (tertiary/aromatic N) is 2. The summed E-state index contributed by atoms with van der Waals surface area (Å²) in [6, 6.07) is 7.43. The minimum atomic E-state index is 0.192. The summed E-state index contributed by atoms with van der Waals surface area (Å²) in [5.41, 5.74) is 5.38. The normalized spacial score (nSPS) is 10.3. The van der Waals surface area contributed by atoms with Crippen molar-refractivity contribution in [3.8, 4) is 11.5 Å². The van der Waals surface area contributed by atoms with Gasteiger partial charge >= 0.3 is 0 Å². The lowest BCUT2D eigenvalue weighted by Crippen LogP contribution is -1.99. The van der Waals surface area contributed by atoms with Crippen LogP contribution in [0.4, 0.5) is 0 Å². The first-order valence-corrected chi connectivity index (χ1v) is 5.69. The maximum atomic E-state index is 5.57. The van der Waals surface area contributed by atoms with E-state index < -0.39 is 0 Å². The number of rotatable bonds is 6. The number of para-hydroxylation sites is 2. The Morgan fingerprint density at radius 3 is 2.39 bits per heavy atom. The molecule has 96 valence electrons. The van der Waals surface area contributed by atoms with E-state index in [1.54, 1.807) is 0 Å². The van der Waals surface area contributed by atoms with Crippen molar-refractivity contribution in [1.82, 2.24) is 10.2 Å². The summed E-state index contributed by atoms with van der Waals surface area (Å²) in [5.74, 6) is 2.12. The van der Waals surface area contributed by atoms with Crippen molar-refractivity contribution in [1.29, 1.82) is 0 Å². The second-order valence-electron chi connectivity index (χ2n) is 3.46. The molecule has 0 saturated carbocycles. The molecule has 0 unspecified atom stereocenters. The predicted molar refractivity (Wildman–Crippen MR) is 64.1 cm³/mol. The highest BCUT2D eigenvalue weighted by Crippen LogP contribution is 2.26. The molecule has 0 bridgehead atoms. The molecular weight excluding hydrogens is 234 g/mol. The SMILES string of the molecule is CCOc1ccccc1OCc1nnc(CN)o1. The second kappa shape index (κ2) is 6.02. The Bertz CT molecular complexity index is 499. The highest BCUT2D eigenvalue weighted by molar-refractivity contribution is 5.39. The standard InChI is InChI=1S/C12H15N3O3/c1-2-16-9-5-3-4-6-10(9)17-8-12-15-14-11(7-13)18-12/h3-6H,2,7-8,13H2,1H3. The Hall–Kier alpha value is -2.08. The molecule has 1 aromatic carbocycles. The zero-order valence-corrected chi connectivity index (χ0v) is 10.1. The second-order valence-corrected chi connectivity index (χ2v) is 3.46. The van der Waals surface area contributed by atoms with E-state index in [1.807, 2.05) is 31.2 Å². The third-order valence-corrected chi connectivity index (χ3v) is 2.18. The largest absolute Gasteiger partial charge is 0.490 e. The van der Waals surface area contributed by atoms with Gasteiger partial charge in [-0.15, -0.1) is 10.2 Å². The summed E-state index contributed by atoms with van der Waals surface area (Å²) in [5, 5.41) is 7.57. The lowest BCUT2D eigenvalue weighted by atomic mass is 10.3. The topological polar surface area (TPSA) is 83.4 Å². The Kier molecular flexibility index (Phi) is 4.14. The van der Waals surface area contributed by atoms with Crippen LogP contribution in [0.1, 0.15) is 18.7 Å². The maximum Gasteiger partial charge on any atom is 0.253 e. The van der Waals surface area contributed by atoms with Crippen molar-refractivity contribution in [3.05, 3.63) is 36.0 Å². The average Bonchev–Trinajstić information content (AvgIpc) is 2.86. The highest BCUT2D eigenvalue weighted by Gasteiger charge is 2.08. The van der Waals surface area contributed by atoms with Gasteiger partial charge in [-0.25, -0.2) is 0 Å². The van der Waals surface area contributed by atoms with Crippen LogP contribution in [0.5, 0.6) is 11.5 Å². The van der Waals surface area contributed by atoms with Crippen LogP contribution >= 0.6 is 0 Å². The van der Waals surface area contributed by atoms with Crippen LogP contribution in [0, 0.1) is 0 Å². The summed E-state index contributed by atoms with van der Waals surface area (Å²) in [6.45, 7) is 2.92. The van der Waals surface area contributed by atoms with Crippen LogP contribution in [0.2, 0.25) is 0 Å². The molecular formula is C12H15N3O3. The molecule has 1 aromatic heterocycles. The van der Waals surface area contributed by atoms with E-state index in [0.29, 0.717) is 29.9 Å². The van der Waals surface area contributed by atoms with Gasteiger partial charge in [0, 0.05) is 0 Å². The van der Waals surface area contributed by atoms with Crippen LogP contribution in [0.15, 0.2) is 28.7 Å². The van der Waals surface area contributed by atoms with Crippen molar-refractivity contribution in [2.75, 3.05) is 6.61 Å². The van der Waals surface area contributed by atoms with Crippen LogP contribution in [0.3, 0.4) is 0 Å². The van der Waals surface area contributed by atoms with Gasteiger partial charge in [-0.2, -0.15) is 0 Å². The maximum absolute atomic E-state index is 5.57. The van der Waals surface area contributed by atoms with Crippen molar-refractivity contribution in [2.24, 2.45) is 5.73 Å². The summed E-state index contributed by atoms with van der Waals surface area (Å²) < 4.78 is 16.3. The molecule has 18 heavy (non-hydrogen) atoms. The van der Waals surface area contributed by atoms with Crippen LogP contribution in [-0.2, 0) is 13.2 Å². The zero-order chi connectivity index (χ0) is 12.8. The minimum Gasteiger partial charge on any atom is -0.490 e. The summed E-state index contributed by atoms with van der Waals surface area (Å²) in [4.78, 5) is 0. The number of benzene rings is 1. The quantitative estimate of drug-likeness (QED) is 0.835. The molecule has 6 nitrogen and oxygen atoms in total. The zero-order valence-electron chi connectivity index (χ0n) is 10.1. The third-order valence-electron chi connectivity index (χ3n) is 2.18.